The Kier molecular flexibility index (Phi) is 4.78. The lowest BCUT2D eigenvalue weighted by atomic mass is 9.92. The Balaban J connectivity index is 1.73. The SMILES string of the molecule is Cc1cc(NC2CCC(F)(F)CC2)nc(-n2ccc(OC(F)F)n2)n1. The van der Waals surface area contributed by atoms with Gasteiger partial charge in [0.2, 0.25) is 11.8 Å². The summed E-state index contributed by atoms with van der Waals surface area (Å²) in [6.07, 6.45) is 1.78. The molecule has 0 bridgehead atoms. The molecule has 0 amide bonds. The molecule has 0 saturated heterocycles. The number of anilines is 1. The number of hydrogen-bond acceptors (Lipinski definition) is 5. The molecule has 0 radical (unpaired) electrons. The van der Waals surface area contributed by atoms with Crippen molar-refractivity contribution in [2.75, 3.05) is 5.32 Å². The van der Waals surface area contributed by atoms with Gasteiger partial charge in [-0.15, -0.1) is 5.10 Å². The Bertz CT molecular complexity index is 726. The summed E-state index contributed by atoms with van der Waals surface area (Å²) in [5.74, 6) is -2.19. The van der Waals surface area contributed by atoms with Crippen molar-refractivity contribution >= 4 is 5.82 Å². The highest BCUT2D eigenvalue weighted by molar-refractivity contribution is 5.39. The second kappa shape index (κ2) is 6.85. The molecule has 0 aliphatic heterocycles. The average Bonchev–Trinajstić information content (AvgIpc) is 2.97. The van der Waals surface area contributed by atoms with E-state index in [2.05, 4.69) is 25.1 Å². The Hall–Kier alpha value is -2.39. The summed E-state index contributed by atoms with van der Waals surface area (Å²) in [5, 5.41) is 6.96. The molecule has 136 valence electrons. The predicted molar refractivity (Wildman–Crippen MR) is 81.3 cm³/mol. The molecule has 6 nitrogen and oxygen atoms in total. The summed E-state index contributed by atoms with van der Waals surface area (Å²) in [6.45, 7) is -1.23. The number of hydrogen-bond donors (Lipinski definition) is 1. The van der Waals surface area contributed by atoms with Crippen LogP contribution in [0.15, 0.2) is 18.3 Å². The zero-order chi connectivity index (χ0) is 18.0. The summed E-state index contributed by atoms with van der Waals surface area (Å²) in [7, 11) is 0. The fourth-order valence-electron chi connectivity index (χ4n) is 2.70. The van der Waals surface area contributed by atoms with E-state index in [4.69, 9.17) is 0 Å². The summed E-state index contributed by atoms with van der Waals surface area (Å²) < 4.78 is 56.3. The molecule has 0 spiro atoms. The molecule has 10 heteroatoms. The van der Waals surface area contributed by atoms with Gasteiger partial charge in [0.25, 0.3) is 5.95 Å². The fraction of sp³-hybridized carbons (Fsp3) is 0.533. The van der Waals surface area contributed by atoms with Crippen LogP contribution in [-0.2, 0) is 0 Å². The monoisotopic (exact) mass is 359 g/mol. The molecule has 1 aliphatic rings. The van der Waals surface area contributed by atoms with Crippen LogP contribution in [0.5, 0.6) is 5.88 Å². The molecule has 1 fully saturated rings. The van der Waals surface area contributed by atoms with Crippen LogP contribution >= 0.6 is 0 Å². The number of halogens is 4. The van der Waals surface area contributed by atoms with E-state index in [0.29, 0.717) is 24.4 Å². The first-order valence-corrected chi connectivity index (χ1v) is 7.82. The Morgan fingerprint density at radius 2 is 2.00 bits per heavy atom. The van der Waals surface area contributed by atoms with Crippen LogP contribution in [0.4, 0.5) is 23.4 Å². The van der Waals surface area contributed by atoms with Gasteiger partial charge in [0.05, 0.1) is 0 Å². The van der Waals surface area contributed by atoms with Crippen LogP contribution in [0.25, 0.3) is 5.95 Å². The van der Waals surface area contributed by atoms with E-state index in [1.165, 1.54) is 16.9 Å². The smallest absolute Gasteiger partial charge is 0.388 e. The lowest BCUT2D eigenvalue weighted by Gasteiger charge is -2.29. The van der Waals surface area contributed by atoms with Gasteiger partial charge in [-0.3, -0.25) is 0 Å². The topological polar surface area (TPSA) is 64.9 Å². The summed E-state index contributed by atoms with van der Waals surface area (Å²) in [5.41, 5.74) is 0.625. The maximum atomic E-state index is 13.2. The lowest BCUT2D eigenvalue weighted by molar-refractivity contribution is -0.0530. The van der Waals surface area contributed by atoms with Crippen LogP contribution in [0.1, 0.15) is 31.4 Å². The van der Waals surface area contributed by atoms with E-state index in [-0.39, 0.29) is 30.7 Å². The predicted octanol–water partition coefficient (Wildman–Crippen LogP) is 3.56. The maximum Gasteiger partial charge on any atom is 0.388 e. The summed E-state index contributed by atoms with van der Waals surface area (Å²) >= 11 is 0. The lowest BCUT2D eigenvalue weighted by Crippen LogP contribution is -2.32. The van der Waals surface area contributed by atoms with E-state index < -0.39 is 12.5 Å². The van der Waals surface area contributed by atoms with Gasteiger partial charge < -0.3 is 10.1 Å². The highest BCUT2D eigenvalue weighted by Gasteiger charge is 2.34. The van der Waals surface area contributed by atoms with Crippen molar-refractivity contribution in [3.63, 3.8) is 0 Å². The number of rotatable bonds is 5. The van der Waals surface area contributed by atoms with Gasteiger partial charge in [0.1, 0.15) is 5.82 Å². The highest BCUT2D eigenvalue weighted by Crippen LogP contribution is 2.34. The third kappa shape index (κ3) is 4.58. The zero-order valence-electron chi connectivity index (χ0n) is 13.4. The average molecular weight is 359 g/mol. The van der Waals surface area contributed by atoms with Crippen LogP contribution in [0.3, 0.4) is 0 Å². The van der Waals surface area contributed by atoms with Crippen LogP contribution in [0, 0.1) is 6.92 Å². The number of aromatic nitrogens is 4. The third-order valence-corrected chi connectivity index (χ3v) is 3.89. The minimum Gasteiger partial charge on any atom is -0.415 e. The molecule has 2 aromatic rings. The molecule has 0 unspecified atom stereocenters. The summed E-state index contributed by atoms with van der Waals surface area (Å²) in [6, 6.07) is 2.86. The molecule has 1 saturated carbocycles. The van der Waals surface area contributed by atoms with Crippen molar-refractivity contribution in [3.05, 3.63) is 24.0 Å². The number of ether oxygens (including phenoxy) is 1. The molecule has 0 atom stereocenters. The second-order valence-electron chi connectivity index (χ2n) is 5.95. The van der Waals surface area contributed by atoms with Gasteiger partial charge in [-0.05, 0) is 19.8 Å². The fourth-order valence-corrected chi connectivity index (χ4v) is 2.70. The number of aryl methyl sites for hydroxylation is 1. The molecule has 1 aliphatic carbocycles. The number of nitrogens with zero attached hydrogens (tertiary/aromatic N) is 4. The van der Waals surface area contributed by atoms with E-state index >= 15 is 0 Å². The molecule has 0 aromatic carbocycles. The van der Waals surface area contributed by atoms with E-state index in [1.807, 2.05) is 0 Å². The van der Waals surface area contributed by atoms with E-state index in [0.717, 1.165) is 0 Å². The van der Waals surface area contributed by atoms with Gasteiger partial charge in [-0.2, -0.15) is 13.8 Å². The number of nitrogens with one attached hydrogen (secondary N) is 1. The molecule has 2 heterocycles. The molecular weight excluding hydrogens is 342 g/mol. The molecule has 2 aromatic heterocycles. The standard InChI is InChI=1S/C15H17F4N5O/c1-9-8-11(21-10-2-5-15(18,19)6-3-10)22-14(20-9)24-7-4-12(23-24)25-13(16)17/h4,7-8,10,13H,2-3,5-6H2,1H3,(H,20,21,22). The van der Waals surface area contributed by atoms with Crippen molar-refractivity contribution in [2.24, 2.45) is 0 Å². The van der Waals surface area contributed by atoms with Gasteiger partial charge in [0.15, 0.2) is 0 Å². The molecule has 1 N–H and O–H groups in total. The molecule has 3 rings (SSSR count). The third-order valence-electron chi connectivity index (χ3n) is 3.89. The Morgan fingerprint density at radius 3 is 2.68 bits per heavy atom. The molecule has 25 heavy (non-hydrogen) atoms. The largest absolute Gasteiger partial charge is 0.415 e. The van der Waals surface area contributed by atoms with Gasteiger partial charge in [-0.1, -0.05) is 0 Å². The van der Waals surface area contributed by atoms with Gasteiger partial charge in [-0.25, -0.2) is 18.4 Å². The van der Waals surface area contributed by atoms with E-state index in [1.54, 1.807) is 13.0 Å². The first kappa shape index (κ1) is 17.4. The molecular formula is C15H17F4N5O. The first-order chi connectivity index (χ1) is 11.8. The van der Waals surface area contributed by atoms with Crippen molar-refractivity contribution in [2.45, 2.75) is 51.2 Å². The first-order valence-electron chi connectivity index (χ1n) is 7.82. The second-order valence-corrected chi connectivity index (χ2v) is 5.95. The minimum atomic E-state index is -2.97. The summed E-state index contributed by atoms with van der Waals surface area (Å²) in [4.78, 5) is 8.47. The van der Waals surface area contributed by atoms with E-state index in [9.17, 15) is 17.6 Å². The van der Waals surface area contributed by atoms with Crippen LogP contribution < -0.4 is 10.1 Å². The van der Waals surface area contributed by atoms with Crippen LogP contribution in [0.2, 0.25) is 0 Å². The Morgan fingerprint density at radius 1 is 1.28 bits per heavy atom. The zero-order valence-corrected chi connectivity index (χ0v) is 13.4. The maximum absolute atomic E-state index is 13.2. The minimum absolute atomic E-state index is 0.0999. The Labute approximate surface area is 141 Å². The van der Waals surface area contributed by atoms with Gasteiger partial charge >= 0.3 is 6.61 Å². The highest BCUT2D eigenvalue weighted by atomic mass is 19.3. The number of alkyl halides is 4. The van der Waals surface area contributed by atoms with Crippen molar-refractivity contribution in [3.8, 4) is 11.8 Å². The van der Waals surface area contributed by atoms with Gasteiger partial charge in [0, 0.05) is 42.9 Å². The van der Waals surface area contributed by atoms with Crippen molar-refractivity contribution in [1.29, 1.82) is 0 Å². The van der Waals surface area contributed by atoms with Crippen LogP contribution in [-0.4, -0.2) is 38.3 Å². The quantitative estimate of drug-likeness (QED) is 0.827. The van der Waals surface area contributed by atoms with Crippen molar-refractivity contribution in [1.82, 2.24) is 19.7 Å². The normalized spacial score (nSPS) is 17.7. The van der Waals surface area contributed by atoms with Crippen molar-refractivity contribution < 1.29 is 22.3 Å².